The number of urea groups is 1. The molecule has 3 aliphatic rings. The number of fused-ring (bicyclic) bond motifs is 1. The van der Waals surface area contributed by atoms with Gasteiger partial charge in [-0.15, -0.1) is 11.8 Å². The molecule has 10 heteroatoms. The number of benzene rings is 2. The van der Waals surface area contributed by atoms with E-state index in [0.717, 1.165) is 80.0 Å². The van der Waals surface area contributed by atoms with Gasteiger partial charge in [0.1, 0.15) is 12.3 Å². The number of carbonyl (C=O) groups excluding carboxylic acids is 3. The molecule has 9 nitrogen and oxygen atoms in total. The largest absolute Gasteiger partial charge is 0.481 e. The van der Waals surface area contributed by atoms with Crippen LogP contribution in [-0.2, 0) is 20.8 Å². The lowest BCUT2D eigenvalue weighted by molar-refractivity contribution is -0.134. The first kappa shape index (κ1) is 28.9. The molecule has 0 radical (unpaired) electrons. The fourth-order valence-corrected chi connectivity index (χ4v) is 6.64. The Labute approximate surface area is 244 Å². The number of carboxylic acid groups (broad SMARTS) is 1. The Kier molecular flexibility index (Phi) is 9.38. The minimum Gasteiger partial charge on any atom is -0.481 e. The van der Waals surface area contributed by atoms with Gasteiger partial charge in [-0.05, 0) is 55.5 Å². The Morgan fingerprint density at radius 3 is 2.51 bits per heavy atom. The number of hydrogen-bond donors (Lipinski definition) is 3. The van der Waals surface area contributed by atoms with Crippen LogP contribution in [-0.4, -0.2) is 51.8 Å². The van der Waals surface area contributed by atoms with Crippen LogP contribution in [0.25, 0.3) is 0 Å². The van der Waals surface area contributed by atoms with E-state index in [1.807, 2.05) is 18.2 Å². The van der Waals surface area contributed by atoms with Gasteiger partial charge in [0.05, 0.1) is 17.2 Å². The van der Waals surface area contributed by atoms with Crippen molar-refractivity contribution in [2.75, 3.05) is 22.9 Å². The Bertz CT molecular complexity index is 1350. The number of carbonyl (C=O) groups is 4. The summed E-state index contributed by atoms with van der Waals surface area (Å²) in [6.07, 6.45) is 9.77. The van der Waals surface area contributed by atoms with E-state index in [1.54, 1.807) is 24.3 Å². The molecule has 3 amide bonds. The average Bonchev–Trinajstić information content (AvgIpc) is 3.47. The van der Waals surface area contributed by atoms with E-state index in [1.165, 1.54) is 11.4 Å². The van der Waals surface area contributed by atoms with Crippen LogP contribution < -0.4 is 10.6 Å². The molecule has 1 heterocycles. The van der Waals surface area contributed by atoms with Crippen LogP contribution in [0, 0.1) is 11.8 Å². The minimum absolute atomic E-state index is 0.0823. The summed E-state index contributed by atoms with van der Waals surface area (Å²) in [5.74, 6) is -0.853. The van der Waals surface area contributed by atoms with Crippen LogP contribution in [0.5, 0.6) is 0 Å². The highest BCUT2D eigenvalue weighted by atomic mass is 32.2. The molecule has 216 valence electrons. The number of hydrazone groups is 1. The standard InChI is InChI=1S/C31H36N4O5S/c36-27(21-7-4-5-8-21)16-20-13-14-25-26(15-20)33-31(40)35(34-30(25)22-9-2-1-3-10-22)18-28(37)32-23-11-6-12-24(17-23)41-19-29(38)39/h6,11-15,17,21-22H,1-5,7-10,16,18-19H2,(H,32,37)(H,33,40)(H,38,39). The van der Waals surface area contributed by atoms with Crippen molar-refractivity contribution in [3.05, 3.63) is 53.6 Å². The lowest BCUT2D eigenvalue weighted by Gasteiger charge is -2.24. The van der Waals surface area contributed by atoms with Crippen molar-refractivity contribution in [2.45, 2.75) is 69.1 Å². The van der Waals surface area contributed by atoms with E-state index in [9.17, 15) is 19.2 Å². The van der Waals surface area contributed by atoms with Crippen molar-refractivity contribution in [3.8, 4) is 0 Å². The summed E-state index contributed by atoms with van der Waals surface area (Å²) >= 11 is 1.16. The molecule has 0 unspecified atom stereocenters. The molecule has 0 atom stereocenters. The second-order valence-electron chi connectivity index (χ2n) is 11.1. The molecular weight excluding hydrogens is 540 g/mol. The quantitative estimate of drug-likeness (QED) is 0.301. The molecule has 41 heavy (non-hydrogen) atoms. The predicted octanol–water partition coefficient (Wildman–Crippen LogP) is 5.94. The Morgan fingerprint density at radius 1 is 1.00 bits per heavy atom. The average molecular weight is 577 g/mol. The van der Waals surface area contributed by atoms with Gasteiger partial charge in [-0.3, -0.25) is 14.4 Å². The van der Waals surface area contributed by atoms with Gasteiger partial charge in [0.25, 0.3) is 0 Å². The van der Waals surface area contributed by atoms with Gasteiger partial charge in [-0.1, -0.05) is 50.3 Å². The van der Waals surface area contributed by atoms with Crippen molar-refractivity contribution in [3.63, 3.8) is 0 Å². The first-order valence-corrected chi connectivity index (χ1v) is 15.4. The molecule has 2 aromatic carbocycles. The maximum Gasteiger partial charge on any atom is 0.342 e. The highest BCUT2D eigenvalue weighted by molar-refractivity contribution is 8.00. The van der Waals surface area contributed by atoms with Gasteiger partial charge in [0.15, 0.2) is 0 Å². The van der Waals surface area contributed by atoms with E-state index in [0.29, 0.717) is 22.7 Å². The molecule has 0 saturated heterocycles. The molecule has 0 bridgehead atoms. The number of amides is 3. The normalized spacial score (nSPS) is 17.8. The molecule has 2 aromatic rings. The Morgan fingerprint density at radius 2 is 1.76 bits per heavy atom. The highest BCUT2D eigenvalue weighted by Gasteiger charge is 2.30. The maximum absolute atomic E-state index is 13.3. The number of rotatable bonds is 10. The number of Topliss-reactive ketones (excluding diaryl/α,β-unsaturated/α-hetero) is 1. The number of nitrogens with zero attached hydrogens (tertiary/aromatic N) is 2. The van der Waals surface area contributed by atoms with Crippen LogP contribution in [0.1, 0.15) is 68.9 Å². The summed E-state index contributed by atoms with van der Waals surface area (Å²) in [6, 6.07) is 12.3. The molecule has 3 N–H and O–H groups in total. The number of anilines is 2. The molecule has 2 aliphatic carbocycles. The number of aliphatic carboxylic acids is 1. The topological polar surface area (TPSA) is 128 Å². The number of carboxylic acids is 1. The lowest BCUT2D eigenvalue weighted by atomic mass is 9.82. The van der Waals surface area contributed by atoms with Crippen molar-refractivity contribution in [2.24, 2.45) is 16.9 Å². The fraction of sp³-hybridized carbons (Fsp3) is 0.452. The third kappa shape index (κ3) is 7.55. The second-order valence-corrected chi connectivity index (χ2v) is 12.1. The summed E-state index contributed by atoms with van der Waals surface area (Å²) < 4.78 is 0. The summed E-state index contributed by atoms with van der Waals surface area (Å²) in [4.78, 5) is 50.8. The first-order valence-electron chi connectivity index (χ1n) is 14.4. The summed E-state index contributed by atoms with van der Waals surface area (Å²) in [7, 11) is 0. The molecular formula is C31H36N4O5S. The van der Waals surface area contributed by atoms with Gasteiger partial charge in [-0.25, -0.2) is 9.80 Å². The van der Waals surface area contributed by atoms with E-state index in [-0.39, 0.29) is 29.9 Å². The molecule has 1 aliphatic heterocycles. The van der Waals surface area contributed by atoms with Crippen LogP contribution in [0.15, 0.2) is 52.5 Å². The summed E-state index contributed by atoms with van der Waals surface area (Å²) in [5, 5.41) is 20.6. The van der Waals surface area contributed by atoms with Gasteiger partial charge in [0.2, 0.25) is 5.91 Å². The molecule has 2 saturated carbocycles. The van der Waals surface area contributed by atoms with Crippen LogP contribution in [0.2, 0.25) is 0 Å². The van der Waals surface area contributed by atoms with Crippen molar-refractivity contribution >= 4 is 52.5 Å². The van der Waals surface area contributed by atoms with E-state index < -0.39 is 17.9 Å². The molecule has 5 rings (SSSR count). The number of hydrogen-bond acceptors (Lipinski definition) is 6. The van der Waals surface area contributed by atoms with Gasteiger partial charge >= 0.3 is 12.0 Å². The smallest absolute Gasteiger partial charge is 0.342 e. The van der Waals surface area contributed by atoms with Gasteiger partial charge < -0.3 is 15.7 Å². The zero-order valence-corrected chi connectivity index (χ0v) is 23.9. The molecule has 0 aromatic heterocycles. The molecule has 2 fully saturated rings. The number of ketones is 1. The van der Waals surface area contributed by atoms with E-state index in [2.05, 4.69) is 10.6 Å². The third-order valence-corrected chi connectivity index (χ3v) is 9.00. The van der Waals surface area contributed by atoms with Gasteiger partial charge in [-0.2, -0.15) is 5.10 Å². The van der Waals surface area contributed by atoms with E-state index in [4.69, 9.17) is 10.2 Å². The molecule has 0 spiro atoms. The number of nitrogens with one attached hydrogen (secondary N) is 2. The van der Waals surface area contributed by atoms with E-state index >= 15 is 0 Å². The van der Waals surface area contributed by atoms with Crippen molar-refractivity contribution in [1.82, 2.24) is 5.01 Å². The van der Waals surface area contributed by atoms with Crippen LogP contribution in [0.4, 0.5) is 16.2 Å². The zero-order valence-electron chi connectivity index (χ0n) is 23.1. The summed E-state index contributed by atoms with van der Waals surface area (Å²) in [6.45, 7) is -0.282. The Balaban J connectivity index is 1.34. The summed E-state index contributed by atoms with van der Waals surface area (Å²) in [5.41, 5.74) is 3.65. The highest BCUT2D eigenvalue weighted by Crippen LogP contribution is 2.33. The van der Waals surface area contributed by atoms with Crippen LogP contribution in [0.3, 0.4) is 0 Å². The second kappa shape index (κ2) is 13.3. The third-order valence-electron chi connectivity index (χ3n) is 8.02. The predicted molar refractivity (Wildman–Crippen MR) is 159 cm³/mol. The zero-order chi connectivity index (χ0) is 28.8. The lowest BCUT2D eigenvalue weighted by Crippen LogP contribution is -2.37. The van der Waals surface area contributed by atoms with Crippen molar-refractivity contribution in [1.29, 1.82) is 0 Å². The van der Waals surface area contributed by atoms with Crippen LogP contribution >= 0.6 is 11.8 Å². The maximum atomic E-state index is 13.3. The SMILES string of the molecule is O=C(O)CSc1cccc(NC(=O)CN2N=C(C3CCCCC3)c3ccc(CC(=O)C4CCCC4)cc3NC2=O)c1. The minimum atomic E-state index is -0.920. The van der Waals surface area contributed by atoms with Gasteiger partial charge in [0, 0.05) is 34.4 Å². The monoisotopic (exact) mass is 576 g/mol. The number of thioether (sulfide) groups is 1. The first-order chi connectivity index (χ1) is 19.9. The fourth-order valence-electron chi connectivity index (χ4n) is 5.96. The Hall–Kier alpha value is -3.66. The van der Waals surface area contributed by atoms with Crippen molar-refractivity contribution < 1.29 is 24.3 Å².